The Morgan fingerprint density at radius 3 is 2.43 bits per heavy atom. The molecular formula is C22H23N5O8S2. The van der Waals surface area contributed by atoms with Crippen LogP contribution in [-0.2, 0) is 14.8 Å². The quantitative estimate of drug-likeness (QED) is 0.345. The van der Waals surface area contributed by atoms with Crippen molar-refractivity contribution in [1.82, 2.24) is 14.2 Å². The van der Waals surface area contributed by atoms with Crippen molar-refractivity contribution < 1.29 is 32.4 Å². The number of nitrogens with zero attached hydrogens (tertiary/aromatic N) is 4. The number of nitro benzene ring substituents is 1. The summed E-state index contributed by atoms with van der Waals surface area (Å²) in [4.78, 5) is 41.0. The second-order valence-electron chi connectivity index (χ2n) is 7.84. The molecule has 13 nitrogen and oxygen atoms in total. The summed E-state index contributed by atoms with van der Waals surface area (Å²) in [6.07, 6.45) is -0.472. The van der Waals surface area contributed by atoms with Crippen molar-refractivity contribution in [2.24, 2.45) is 0 Å². The molecule has 2 amide bonds. The summed E-state index contributed by atoms with van der Waals surface area (Å²) in [6.45, 7) is 2.63. The molecule has 3 aromatic rings. The fraction of sp³-hybridized carbons (Fsp3) is 0.318. The lowest BCUT2D eigenvalue weighted by Gasteiger charge is -2.33. The van der Waals surface area contributed by atoms with Crippen LogP contribution in [0.25, 0.3) is 10.2 Å². The Kier molecular flexibility index (Phi) is 7.56. The maximum Gasteiger partial charge on any atom is 0.409 e. The number of methoxy groups -OCH3 is 1. The van der Waals surface area contributed by atoms with Crippen LogP contribution in [0.3, 0.4) is 0 Å². The summed E-state index contributed by atoms with van der Waals surface area (Å²) in [7, 11) is -2.45. The lowest BCUT2D eigenvalue weighted by atomic mass is 10.2. The Bertz CT molecular complexity index is 1450. The summed E-state index contributed by atoms with van der Waals surface area (Å²) >= 11 is 1.05. The van der Waals surface area contributed by atoms with E-state index in [1.807, 2.05) is 0 Å². The third-order valence-electron chi connectivity index (χ3n) is 5.61. The van der Waals surface area contributed by atoms with Crippen LogP contribution >= 0.6 is 11.3 Å². The highest BCUT2D eigenvalue weighted by Crippen LogP contribution is 2.36. The lowest BCUT2D eigenvalue weighted by molar-refractivity contribution is -0.384. The third kappa shape index (κ3) is 5.47. The zero-order valence-corrected chi connectivity index (χ0v) is 21.5. The van der Waals surface area contributed by atoms with E-state index in [0.29, 0.717) is 10.2 Å². The molecule has 0 spiro atoms. The van der Waals surface area contributed by atoms with Gasteiger partial charge in [-0.25, -0.2) is 18.2 Å². The van der Waals surface area contributed by atoms with Gasteiger partial charge in [-0.05, 0) is 31.2 Å². The highest BCUT2D eigenvalue weighted by Gasteiger charge is 2.30. The van der Waals surface area contributed by atoms with Crippen molar-refractivity contribution in [3.63, 3.8) is 0 Å². The number of hydrogen-bond acceptors (Lipinski definition) is 10. The van der Waals surface area contributed by atoms with Gasteiger partial charge >= 0.3 is 6.09 Å². The largest absolute Gasteiger partial charge is 0.494 e. The lowest BCUT2D eigenvalue weighted by Crippen LogP contribution is -2.50. The number of nitro groups is 1. The number of rotatable bonds is 7. The van der Waals surface area contributed by atoms with Gasteiger partial charge in [-0.1, -0.05) is 11.3 Å². The molecule has 0 unspecified atom stereocenters. The molecule has 1 N–H and O–H groups in total. The van der Waals surface area contributed by atoms with Crippen LogP contribution in [0.15, 0.2) is 41.3 Å². The normalized spacial score (nSPS) is 14.4. The zero-order valence-electron chi connectivity index (χ0n) is 19.9. The first-order valence-corrected chi connectivity index (χ1v) is 13.4. The van der Waals surface area contributed by atoms with Gasteiger partial charge in [0, 0.05) is 37.8 Å². The van der Waals surface area contributed by atoms with Crippen molar-refractivity contribution in [2.45, 2.75) is 11.8 Å². The van der Waals surface area contributed by atoms with Crippen molar-refractivity contribution in [1.29, 1.82) is 0 Å². The molecule has 4 rings (SSSR count). The molecule has 196 valence electrons. The summed E-state index contributed by atoms with van der Waals surface area (Å²) in [5.74, 6) is -0.321. The second kappa shape index (κ2) is 10.7. The Morgan fingerprint density at radius 1 is 1.16 bits per heavy atom. The topological polar surface area (TPSA) is 161 Å². The fourth-order valence-electron chi connectivity index (χ4n) is 3.72. The molecule has 0 saturated carbocycles. The average molecular weight is 550 g/mol. The number of piperazine rings is 1. The molecule has 0 atom stereocenters. The van der Waals surface area contributed by atoms with Gasteiger partial charge in [0.15, 0.2) is 10.9 Å². The van der Waals surface area contributed by atoms with E-state index in [1.165, 1.54) is 52.7 Å². The number of sulfonamides is 1. The highest BCUT2D eigenvalue weighted by atomic mass is 32.2. The minimum Gasteiger partial charge on any atom is -0.494 e. The molecule has 1 aliphatic heterocycles. The summed E-state index contributed by atoms with van der Waals surface area (Å²) in [5, 5.41) is 14.0. The molecule has 1 saturated heterocycles. The number of non-ortho nitro benzene ring substituents is 1. The first-order valence-electron chi connectivity index (χ1n) is 11.1. The number of thiazole rings is 1. The molecule has 2 aromatic carbocycles. The Labute approximate surface area is 215 Å². The number of carbonyl (C=O) groups excluding carboxylic acids is 2. The SMILES string of the molecule is CCOC(=O)N1CCN(S(=O)(=O)c2ccc(C(=O)Nc3nc4c(OC)cc([N+](=O)[O-])cc4s3)cc2)CC1. The molecule has 0 radical (unpaired) electrons. The van der Waals surface area contributed by atoms with Crippen LogP contribution in [0.1, 0.15) is 17.3 Å². The fourth-order valence-corrected chi connectivity index (χ4v) is 6.06. The number of fused-ring (bicyclic) bond motifs is 1. The maximum atomic E-state index is 13.0. The van der Waals surface area contributed by atoms with E-state index in [9.17, 15) is 28.1 Å². The molecule has 1 fully saturated rings. The van der Waals surface area contributed by atoms with Crippen molar-refractivity contribution in [2.75, 3.05) is 45.2 Å². The van der Waals surface area contributed by atoms with Crippen LogP contribution < -0.4 is 10.1 Å². The Morgan fingerprint density at radius 2 is 1.84 bits per heavy atom. The zero-order chi connectivity index (χ0) is 26.7. The van der Waals surface area contributed by atoms with Crippen LogP contribution in [0.5, 0.6) is 5.75 Å². The van der Waals surface area contributed by atoms with E-state index in [1.54, 1.807) is 6.92 Å². The van der Waals surface area contributed by atoms with Gasteiger partial charge < -0.3 is 14.4 Å². The number of benzene rings is 2. The van der Waals surface area contributed by atoms with Gasteiger partial charge in [0.1, 0.15) is 5.52 Å². The molecular weight excluding hydrogens is 526 g/mol. The molecule has 1 aliphatic rings. The summed E-state index contributed by atoms with van der Waals surface area (Å²) in [5.41, 5.74) is 0.408. The molecule has 0 bridgehead atoms. The van der Waals surface area contributed by atoms with Gasteiger partial charge in [0.2, 0.25) is 10.0 Å². The first-order chi connectivity index (χ1) is 17.6. The van der Waals surface area contributed by atoms with Crippen molar-refractivity contribution >= 4 is 54.4 Å². The number of ether oxygens (including phenoxy) is 2. The number of amides is 2. The Hall–Kier alpha value is -3.82. The molecule has 2 heterocycles. The number of aromatic nitrogens is 1. The van der Waals surface area contributed by atoms with Crippen LogP contribution in [0.2, 0.25) is 0 Å². The predicted molar refractivity (Wildman–Crippen MR) is 135 cm³/mol. The van der Waals surface area contributed by atoms with Gasteiger partial charge in [-0.2, -0.15) is 4.31 Å². The van der Waals surface area contributed by atoms with Gasteiger partial charge in [0.25, 0.3) is 11.6 Å². The van der Waals surface area contributed by atoms with Gasteiger partial charge in [0.05, 0.1) is 34.3 Å². The van der Waals surface area contributed by atoms with E-state index in [-0.39, 0.29) is 59.8 Å². The van der Waals surface area contributed by atoms with E-state index in [0.717, 1.165) is 11.3 Å². The molecule has 1 aromatic heterocycles. The van der Waals surface area contributed by atoms with Gasteiger partial charge in [-0.3, -0.25) is 20.2 Å². The van der Waals surface area contributed by atoms with E-state index in [4.69, 9.17) is 9.47 Å². The summed E-state index contributed by atoms with van der Waals surface area (Å²) < 4.78 is 37.9. The summed E-state index contributed by atoms with van der Waals surface area (Å²) in [6, 6.07) is 8.05. The monoisotopic (exact) mass is 549 g/mol. The smallest absolute Gasteiger partial charge is 0.409 e. The first kappa shape index (κ1) is 26.2. The predicted octanol–water partition coefficient (Wildman–Crippen LogP) is 2.93. The number of anilines is 1. The van der Waals surface area contributed by atoms with Crippen LogP contribution in [-0.4, -0.2) is 79.4 Å². The minimum absolute atomic E-state index is 0.0191. The van der Waals surface area contributed by atoms with E-state index in [2.05, 4.69) is 10.3 Å². The number of hydrogen-bond donors (Lipinski definition) is 1. The van der Waals surface area contributed by atoms with Gasteiger partial charge in [-0.15, -0.1) is 0 Å². The second-order valence-corrected chi connectivity index (χ2v) is 10.8. The molecule has 37 heavy (non-hydrogen) atoms. The standard InChI is InChI=1S/C22H23N5O8S2/c1-3-35-22(29)25-8-10-26(11-9-25)37(32,33)16-6-4-14(5-7-16)20(28)24-21-23-19-17(34-2)12-15(27(30)31)13-18(19)36-21/h4-7,12-13H,3,8-11H2,1-2H3,(H,23,24,28). The van der Waals surface area contributed by atoms with Crippen LogP contribution in [0, 0.1) is 10.1 Å². The van der Waals surface area contributed by atoms with E-state index >= 15 is 0 Å². The Balaban J connectivity index is 1.45. The van der Waals surface area contributed by atoms with E-state index < -0.39 is 26.9 Å². The maximum absolute atomic E-state index is 13.0. The number of nitrogens with one attached hydrogen (secondary N) is 1. The third-order valence-corrected chi connectivity index (χ3v) is 8.45. The molecule has 0 aliphatic carbocycles. The minimum atomic E-state index is -3.82. The van der Waals surface area contributed by atoms with Crippen LogP contribution in [0.4, 0.5) is 15.6 Å². The number of carbonyl (C=O) groups is 2. The van der Waals surface area contributed by atoms with Crippen molar-refractivity contribution in [3.05, 3.63) is 52.1 Å². The highest BCUT2D eigenvalue weighted by molar-refractivity contribution is 7.89. The molecule has 15 heteroatoms. The van der Waals surface area contributed by atoms with Crippen molar-refractivity contribution in [3.8, 4) is 5.75 Å². The average Bonchev–Trinajstić information content (AvgIpc) is 3.30.